The number of fused-ring (bicyclic) bond motifs is 1. The highest BCUT2D eigenvalue weighted by atomic mass is 35.5. The second kappa shape index (κ2) is 4.44. The molecule has 0 radical (unpaired) electrons. The molecule has 2 aromatic rings. The Hall–Kier alpha value is -1.26. The molecule has 0 N–H and O–H groups in total. The van der Waals surface area contributed by atoms with Gasteiger partial charge in [0.1, 0.15) is 16.4 Å². The quantitative estimate of drug-likeness (QED) is 0.618. The molecule has 96 valence electrons. The van der Waals surface area contributed by atoms with E-state index in [2.05, 4.69) is 19.6 Å². The lowest BCUT2D eigenvalue weighted by molar-refractivity contribution is 0.542. The zero-order valence-electron chi connectivity index (χ0n) is 10.8. The van der Waals surface area contributed by atoms with Crippen LogP contribution in [0.5, 0.6) is 5.75 Å². The summed E-state index contributed by atoms with van der Waals surface area (Å²) >= 11 is 5.87. The van der Waals surface area contributed by atoms with Crippen LogP contribution >= 0.6 is 11.6 Å². The minimum atomic E-state index is -1.67. The fourth-order valence-corrected chi connectivity index (χ4v) is 2.70. The van der Waals surface area contributed by atoms with E-state index in [-0.39, 0.29) is 5.02 Å². The summed E-state index contributed by atoms with van der Waals surface area (Å²) in [6, 6.07) is 5.50. The fraction of sp³-hybridized carbons (Fsp3) is 0.308. The van der Waals surface area contributed by atoms with E-state index in [1.807, 2.05) is 12.1 Å². The monoisotopic (exact) mass is 282 g/mol. The van der Waals surface area contributed by atoms with E-state index in [0.717, 1.165) is 16.7 Å². The van der Waals surface area contributed by atoms with Crippen LogP contribution in [0.1, 0.15) is 5.56 Å². The third-order valence-electron chi connectivity index (χ3n) is 2.49. The SMILES string of the molecule is Cc1c(Cl)c(=O)oc2cc(O[Si](C)(C)C)ccc12. The molecular formula is C13H15ClO3Si. The van der Waals surface area contributed by atoms with Crippen LogP contribution in [0, 0.1) is 6.92 Å². The maximum Gasteiger partial charge on any atom is 0.355 e. The van der Waals surface area contributed by atoms with E-state index in [9.17, 15) is 4.79 Å². The zero-order chi connectivity index (χ0) is 13.5. The van der Waals surface area contributed by atoms with E-state index in [1.165, 1.54) is 0 Å². The van der Waals surface area contributed by atoms with Gasteiger partial charge in [0.2, 0.25) is 8.32 Å². The van der Waals surface area contributed by atoms with Crippen molar-refractivity contribution in [2.75, 3.05) is 0 Å². The standard InChI is InChI=1S/C13H15ClO3Si/c1-8-10-6-5-9(17-18(2,3)4)7-11(10)16-13(15)12(8)14/h5-7H,1-4H3. The topological polar surface area (TPSA) is 39.4 Å². The molecule has 0 spiro atoms. The Bertz CT molecular complexity index is 656. The largest absolute Gasteiger partial charge is 0.544 e. The first kappa shape index (κ1) is 13.2. The van der Waals surface area contributed by atoms with Gasteiger partial charge in [-0.25, -0.2) is 4.79 Å². The summed E-state index contributed by atoms with van der Waals surface area (Å²) in [5, 5.41) is 0.976. The predicted octanol–water partition coefficient (Wildman–Crippen LogP) is 3.97. The maximum atomic E-state index is 11.5. The van der Waals surface area contributed by atoms with Crippen LogP contribution in [0.4, 0.5) is 0 Å². The van der Waals surface area contributed by atoms with Gasteiger partial charge in [-0.3, -0.25) is 0 Å². The number of benzene rings is 1. The van der Waals surface area contributed by atoms with Gasteiger partial charge in [0.15, 0.2) is 0 Å². The fourth-order valence-electron chi connectivity index (χ4n) is 1.73. The summed E-state index contributed by atoms with van der Waals surface area (Å²) in [4.78, 5) is 11.5. The number of hydrogen-bond acceptors (Lipinski definition) is 3. The molecular weight excluding hydrogens is 268 g/mol. The maximum absolute atomic E-state index is 11.5. The summed E-state index contributed by atoms with van der Waals surface area (Å²) in [7, 11) is -1.67. The molecule has 18 heavy (non-hydrogen) atoms. The molecule has 0 aliphatic heterocycles. The zero-order valence-corrected chi connectivity index (χ0v) is 12.6. The number of hydrogen-bond donors (Lipinski definition) is 0. The highest BCUT2D eigenvalue weighted by Crippen LogP contribution is 2.27. The summed E-state index contributed by atoms with van der Waals surface area (Å²) in [6.45, 7) is 8.10. The van der Waals surface area contributed by atoms with Crippen LogP contribution in [0.25, 0.3) is 11.0 Å². The Morgan fingerprint density at radius 1 is 1.28 bits per heavy atom. The molecule has 3 nitrogen and oxygen atoms in total. The van der Waals surface area contributed by atoms with Gasteiger partial charge in [-0.05, 0) is 44.3 Å². The Balaban J connectivity index is 2.60. The molecule has 0 aliphatic carbocycles. The minimum Gasteiger partial charge on any atom is -0.544 e. The van der Waals surface area contributed by atoms with Crippen molar-refractivity contribution in [1.82, 2.24) is 0 Å². The van der Waals surface area contributed by atoms with Gasteiger partial charge in [0, 0.05) is 11.5 Å². The van der Waals surface area contributed by atoms with E-state index >= 15 is 0 Å². The molecule has 5 heteroatoms. The summed E-state index contributed by atoms with van der Waals surface area (Å²) in [5.41, 5.74) is 0.743. The van der Waals surface area contributed by atoms with E-state index in [1.54, 1.807) is 13.0 Å². The van der Waals surface area contributed by atoms with Crippen LogP contribution < -0.4 is 10.1 Å². The Morgan fingerprint density at radius 2 is 1.94 bits per heavy atom. The second-order valence-corrected chi connectivity index (χ2v) is 10.0. The van der Waals surface area contributed by atoms with Crippen LogP contribution in [0.3, 0.4) is 0 Å². The van der Waals surface area contributed by atoms with Crippen LogP contribution in [-0.4, -0.2) is 8.32 Å². The number of halogens is 1. The van der Waals surface area contributed by atoms with Gasteiger partial charge in [0.25, 0.3) is 0 Å². The van der Waals surface area contributed by atoms with Gasteiger partial charge in [-0.1, -0.05) is 11.6 Å². The van der Waals surface area contributed by atoms with E-state index in [0.29, 0.717) is 5.58 Å². The van der Waals surface area contributed by atoms with Crippen LogP contribution in [-0.2, 0) is 0 Å². The van der Waals surface area contributed by atoms with Gasteiger partial charge in [0.05, 0.1) is 0 Å². The van der Waals surface area contributed by atoms with Gasteiger partial charge in [-0.15, -0.1) is 0 Å². The molecule has 0 atom stereocenters. The van der Waals surface area contributed by atoms with Crippen molar-refractivity contribution in [3.63, 3.8) is 0 Å². The summed E-state index contributed by atoms with van der Waals surface area (Å²) < 4.78 is 11.0. The van der Waals surface area contributed by atoms with Crippen molar-refractivity contribution in [2.24, 2.45) is 0 Å². The highest BCUT2D eigenvalue weighted by molar-refractivity contribution is 6.70. The molecule has 0 amide bonds. The lowest BCUT2D eigenvalue weighted by atomic mass is 10.1. The first-order valence-electron chi connectivity index (χ1n) is 5.70. The summed E-state index contributed by atoms with van der Waals surface area (Å²) in [6.07, 6.45) is 0. The smallest absolute Gasteiger partial charge is 0.355 e. The molecule has 0 saturated heterocycles. The third-order valence-corrected chi connectivity index (χ3v) is 3.78. The molecule has 1 heterocycles. The van der Waals surface area contributed by atoms with E-state index in [4.69, 9.17) is 20.4 Å². The normalized spacial score (nSPS) is 11.8. The number of aryl methyl sites for hydroxylation is 1. The second-order valence-electron chi connectivity index (χ2n) is 5.20. The van der Waals surface area contributed by atoms with Gasteiger partial charge < -0.3 is 8.84 Å². The molecule has 1 aromatic heterocycles. The van der Waals surface area contributed by atoms with E-state index < -0.39 is 13.9 Å². The molecule has 0 unspecified atom stereocenters. The average Bonchev–Trinajstić information content (AvgIpc) is 2.23. The molecule has 0 fully saturated rings. The Kier molecular flexibility index (Phi) is 3.25. The first-order valence-corrected chi connectivity index (χ1v) is 9.48. The van der Waals surface area contributed by atoms with Crippen molar-refractivity contribution < 1.29 is 8.84 Å². The van der Waals surface area contributed by atoms with Crippen molar-refractivity contribution >= 4 is 30.9 Å². The highest BCUT2D eigenvalue weighted by Gasteiger charge is 2.17. The van der Waals surface area contributed by atoms with Gasteiger partial charge in [-0.2, -0.15) is 0 Å². The molecule has 0 saturated carbocycles. The predicted molar refractivity (Wildman–Crippen MR) is 76.2 cm³/mol. The van der Waals surface area contributed by atoms with Crippen molar-refractivity contribution in [2.45, 2.75) is 26.6 Å². The average molecular weight is 283 g/mol. The molecule has 1 aromatic carbocycles. The molecule has 2 rings (SSSR count). The lowest BCUT2D eigenvalue weighted by Crippen LogP contribution is -2.29. The van der Waals surface area contributed by atoms with Crippen LogP contribution in [0.15, 0.2) is 27.4 Å². The molecule has 0 bridgehead atoms. The Morgan fingerprint density at radius 3 is 2.56 bits per heavy atom. The third kappa shape index (κ3) is 2.59. The van der Waals surface area contributed by atoms with Crippen LogP contribution in [0.2, 0.25) is 24.7 Å². The van der Waals surface area contributed by atoms with Crippen molar-refractivity contribution in [3.8, 4) is 5.75 Å². The van der Waals surface area contributed by atoms with Crippen molar-refractivity contribution in [3.05, 3.63) is 39.2 Å². The van der Waals surface area contributed by atoms with Gasteiger partial charge >= 0.3 is 5.63 Å². The Labute approximate surface area is 111 Å². The lowest BCUT2D eigenvalue weighted by Gasteiger charge is -2.19. The summed E-state index contributed by atoms with van der Waals surface area (Å²) in [5.74, 6) is 0.728. The molecule has 0 aliphatic rings. The first-order chi connectivity index (χ1) is 8.28. The van der Waals surface area contributed by atoms with Crippen molar-refractivity contribution in [1.29, 1.82) is 0 Å². The number of rotatable bonds is 2. The minimum absolute atomic E-state index is 0.140.